The molecule has 0 unspecified atom stereocenters. The van der Waals surface area contributed by atoms with Crippen LogP contribution in [0.4, 0.5) is 0 Å². The first-order valence-electron chi connectivity index (χ1n) is 6.75. The van der Waals surface area contributed by atoms with Crippen molar-refractivity contribution in [2.24, 2.45) is 5.92 Å². The van der Waals surface area contributed by atoms with Gasteiger partial charge in [-0.2, -0.15) is 0 Å². The van der Waals surface area contributed by atoms with Gasteiger partial charge in [0.05, 0.1) is 24.1 Å². The normalized spacial score (nSPS) is 21.4. The van der Waals surface area contributed by atoms with E-state index in [1.807, 2.05) is 19.3 Å². The maximum absolute atomic E-state index is 5.80. The average Bonchev–Trinajstić information content (AvgIpc) is 2.32. The van der Waals surface area contributed by atoms with Crippen molar-refractivity contribution in [2.75, 3.05) is 19.7 Å². The second-order valence-corrected chi connectivity index (χ2v) is 5.51. The minimum atomic E-state index is 0.372. The second-order valence-electron chi connectivity index (χ2n) is 5.51. The molecule has 0 spiro atoms. The van der Waals surface area contributed by atoms with Crippen LogP contribution in [-0.2, 0) is 11.3 Å². The number of ether oxygens (including phenoxy) is 1. The lowest BCUT2D eigenvalue weighted by Gasteiger charge is -2.33. The van der Waals surface area contributed by atoms with Crippen LogP contribution in [0.3, 0.4) is 0 Å². The van der Waals surface area contributed by atoms with Gasteiger partial charge in [0.1, 0.15) is 0 Å². The predicted molar refractivity (Wildman–Crippen MR) is 71.2 cm³/mol. The first-order chi connectivity index (χ1) is 8.63. The maximum atomic E-state index is 5.80. The highest BCUT2D eigenvalue weighted by molar-refractivity contribution is 5.00. The number of aromatic nitrogens is 2. The highest BCUT2D eigenvalue weighted by Gasteiger charge is 2.21. The van der Waals surface area contributed by atoms with Gasteiger partial charge < -0.3 is 4.74 Å². The van der Waals surface area contributed by atoms with Gasteiger partial charge in [-0.25, -0.2) is 0 Å². The van der Waals surface area contributed by atoms with Crippen LogP contribution in [0.25, 0.3) is 0 Å². The Bertz CT molecular complexity index is 364. The molecule has 0 bridgehead atoms. The van der Waals surface area contributed by atoms with E-state index in [1.54, 1.807) is 0 Å². The van der Waals surface area contributed by atoms with Crippen LogP contribution in [0, 0.1) is 12.8 Å². The Hall–Kier alpha value is -1.00. The van der Waals surface area contributed by atoms with Crippen LogP contribution >= 0.6 is 0 Å². The zero-order valence-corrected chi connectivity index (χ0v) is 11.6. The molecule has 1 fully saturated rings. The molecule has 1 aromatic rings. The first-order valence-corrected chi connectivity index (χ1v) is 6.75. The Kier molecular flexibility index (Phi) is 4.66. The SMILES string of the molecule is Cc1cnc(CN2CCO[C@H](CC(C)C)C2)cn1. The molecule has 2 heterocycles. The molecule has 4 nitrogen and oxygen atoms in total. The number of rotatable bonds is 4. The lowest BCUT2D eigenvalue weighted by Crippen LogP contribution is -2.42. The Morgan fingerprint density at radius 1 is 1.39 bits per heavy atom. The summed E-state index contributed by atoms with van der Waals surface area (Å²) < 4.78 is 5.80. The predicted octanol–water partition coefficient (Wildman–Crippen LogP) is 2.03. The summed E-state index contributed by atoms with van der Waals surface area (Å²) in [5, 5.41) is 0. The number of hydrogen-bond acceptors (Lipinski definition) is 4. The fourth-order valence-corrected chi connectivity index (χ4v) is 2.32. The van der Waals surface area contributed by atoms with Crippen molar-refractivity contribution in [3.8, 4) is 0 Å². The van der Waals surface area contributed by atoms with E-state index in [1.165, 1.54) is 0 Å². The van der Waals surface area contributed by atoms with Crippen molar-refractivity contribution in [3.63, 3.8) is 0 Å². The topological polar surface area (TPSA) is 38.2 Å². The smallest absolute Gasteiger partial charge is 0.0727 e. The van der Waals surface area contributed by atoms with E-state index >= 15 is 0 Å². The van der Waals surface area contributed by atoms with E-state index in [4.69, 9.17) is 4.74 Å². The number of morpholine rings is 1. The third kappa shape index (κ3) is 4.03. The number of nitrogens with zero attached hydrogens (tertiary/aromatic N) is 3. The zero-order valence-electron chi connectivity index (χ0n) is 11.6. The van der Waals surface area contributed by atoms with Crippen molar-refractivity contribution < 1.29 is 4.74 Å². The molecule has 0 aliphatic carbocycles. The fraction of sp³-hybridized carbons (Fsp3) is 0.714. The van der Waals surface area contributed by atoms with E-state index in [-0.39, 0.29) is 0 Å². The van der Waals surface area contributed by atoms with E-state index in [9.17, 15) is 0 Å². The molecule has 1 aliphatic heterocycles. The van der Waals surface area contributed by atoms with E-state index in [2.05, 4.69) is 28.7 Å². The largest absolute Gasteiger partial charge is 0.376 e. The van der Waals surface area contributed by atoms with Crippen LogP contribution in [0.5, 0.6) is 0 Å². The molecule has 1 aromatic heterocycles. The van der Waals surface area contributed by atoms with Crippen LogP contribution in [0.2, 0.25) is 0 Å². The molecule has 2 rings (SSSR count). The van der Waals surface area contributed by atoms with Gasteiger partial charge in [0, 0.05) is 32.0 Å². The zero-order chi connectivity index (χ0) is 13.0. The molecule has 0 amide bonds. The highest BCUT2D eigenvalue weighted by Crippen LogP contribution is 2.15. The Labute approximate surface area is 109 Å². The molecule has 0 aromatic carbocycles. The molecule has 1 aliphatic rings. The lowest BCUT2D eigenvalue weighted by molar-refractivity contribution is -0.0403. The maximum Gasteiger partial charge on any atom is 0.0727 e. The van der Waals surface area contributed by atoms with Crippen LogP contribution < -0.4 is 0 Å². The van der Waals surface area contributed by atoms with Gasteiger partial charge in [-0.1, -0.05) is 13.8 Å². The van der Waals surface area contributed by atoms with Gasteiger partial charge >= 0.3 is 0 Å². The van der Waals surface area contributed by atoms with Gasteiger partial charge in [-0.05, 0) is 19.3 Å². The lowest BCUT2D eigenvalue weighted by atomic mass is 10.0. The quantitative estimate of drug-likeness (QED) is 0.818. The van der Waals surface area contributed by atoms with Crippen molar-refractivity contribution in [2.45, 2.75) is 39.8 Å². The highest BCUT2D eigenvalue weighted by atomic mass is 16.5. The van der Waals surface area contributed by atoms with Gasteiger partial charge in [-0.3, -0.25) is 14.9 Å². The summed E-state index contributed by atoms with van der Waals surface area (Å²) in [6.45, 7) is 10.2. The molecule has 0 N–H and O–H groups in total. The molecule has 0 radical (unpaired) electrons. The Morgan fingerprint density at radius 3 is 2.89 bits per heavy atom. The van der Waals surface area contributed by atoms with E-state index in [0.717, 1.165) is 44.0 Å². The molecule has 1 atom stereocenters. The molecular formula is C14H23N3O. The standard InChI is InChI=1S/C14H23N3O/c1-11(2)6-14-10-17(4-5-18-14)9-13-8-15-12(3)7-16-13/h7-8,11,14H,4-6,9-10H2,1-3H3/t14-/m1/s1. The summed E-state index contributed by atoms with van der Waals surface area (Å²) in [6.07, 6.45) is 5.22. The summed E-state index contributed by atoms with van der Waals surface area (Å²) in [4.78, 5) is 11.1. The summed E-state index contributed by atoms with van der Waals surface area (Å²) in [7, 11) is 0. The average molecular weight is 249 g/mol. The molecular weight excluding hydrogens is 226 g/mol. The summed E-state index contributed by atoms with van der Waals surface area (Å²) in [5.41, 5.74) is 2.02. The number of hydrogen-bond donors (Lipinski definition) is 0. The van der Waals surface area contributed by atoms with Gasteiger partial charge in [-0.15, -0.1) is 0 Å². The third-order valence-electron chi connectivity index (χ3n) is 3.18. The molecule has 0 saturated carbocycles. The van der Waals surface area contributed by atoms with E-state index < -0.39 is 0 Å². The summed E-state index contributed by atoms with van der Waals surface area (Å²) >= 11 is 0. The van der Waals surface area contributed by atoms with Crippen LogP contribution in [0.1, 0.15) is 31.7 Å². The summed E-state index contributed by atoms with van der Waals surface area (Å²) in [6, 6.07) is 0. The molecule has 18 heavy (non-hydrogen) atoms. The Balaban J connectivity index is 1.87. The van der Waals surface area contributed by atoms with Gasteiger partial charge in [0.25, 0.3) is 0 Å². The van der Waals surface area contributed by atoms with Crippen LogP contribution in [0.15, 0.2) is 12.4 Å². The summed E-state index contributed by atoms with van der Waals surface area (Å²) in [5.74, 6) is 0.689. The number of aryl methyl sites for hydroxylation is 1. The minimum absolute atomic E-state index is 0.372. The monoisotopic (exact) mass is 249 g/mol. The first kappa shape index (κ1) is 13.4. The molecule has 100 valence electrons. The van der Waals surface area contributed by atoms with Gasteiger partial charge in [0.15, 0.2) is 0 Å². The fourth-order valence-electron chi connectivity index (χ4n) is 2.32. The molecule has 1 saturated heterocycles. The van der Waals surface area contributed by atoms with Crippen molar-refractivity contribution in [1.82, 2.24) is 14.9 Å². The van der Waals surface area contributed by atoms with Crippen molar-refractivity contribution >= 4 is 0 Å². The Morgan fingerprint density at radius 2 is 2.22 bits per heavy atom. The second kappa shape index (κ2) is 6.25. The van der Waals surface area contributed by atoms with Gasteiger partial charge in [0.2, 0.25) is 0 Å². The van der Waals surface area contributed by atoms with E-state index in [0.29, 0.717) is 12.0 Å². The third-order valence-corrected chi connectivity index (χ3v) is 3.18. The van der Waals surface area contributed by atoms with Crippen LogP contribution in [-0.4, -0.2) is 40.7 Å². The minimum Gasteiger partial charge on any atom is -0.376 e. The van der Waals surface area contributed by atoms with Crippen molar-refractivity contribution in [1.29, 1.82) is 0 Å². The molecule has 4 heteroatoms. The van der Waals surface area contributed by atoms with Crippen molar-refractivity contribution in [3.05, 3.63) is 23.8 Å².